The minimum Gasteiger partial charge on any atom is -0.372 e. The van der Waals surface area contributed by atoms with Gasteiger partial charge in [0.2, 0.25) is 0 Å². The van der Waals surface area contributed by atoms with Gasteiger partial charge in [-0.15, -0.1) is 0 Å². The highest BCUT2D eigenvalue weighted by Gasteiger charge is 2.24. The Balaban J connectivity index is 2.07. The van der Waals surface area contributed by atoms with Crippen molar-refractivity contribution in [2.45, 2.75) is 38.7 Å². The van der Waals surface area contributed by atoms with Crippen LogP contribution in [0.5, 0.6) is 0 Å². The Morgan fingerprint density at radius 3 is 3.17 bits per heavy atom. The smallest absolute Gasteiger partial charge is 0.0975 e. The molecule has 2 aromatic rings. The molecule has 1 N–H and O–H groups in total. The first-order chi connectivity index (χ1) is 8.81. The van der Waals surface area contributed by atoms with Crippen molar-refractivity contribution in [2.24, 2.45) is 0 Å². The van der Waals surface area contributed by atoms with Gasteiger partial charge >= 0.3 is 0 Å². The van der Waals surface area contributed by atoms with E-state index in [1.807, 2.05) is 0 Å². The fourth-order valence-electron chi connectivity index (χ4n) is 2.81. The number of aromatic amines is 1. The topological polar surface area (TPSA) is 25.0 Å². The van der Waals surface area contributed by atoms with E-state index >= 15 is 0 Å². The fourth-order valence-corrected chi connectivity index (χ4v) is 3.27. The van der Waals surface area contributed by atoms with Crippen LogP contribution in [0, 0.1) is 0 Å². The molecular formula is C15H18BrNO. The second kappa shape index (κ2) is 5.06. The number of benzene rings is 1. The Morgan fingerprint density at radius 1 is 1.44 bits per heavy atom. The van der Waals surface area contributed by atoms with Gasteiger partial charge in [0.25, 0.3) is 0 Å². The summed E-state index contributed by atoms with van der Waals surface area (Å²) in [4.78, 5) is 3.57. The van der Waals surface area contributed by atoms with Gasteiger partial charge in [0.05, 0.1) is 18.2 Å². The molecule has 1 aliphatic rings. The lowest BCUT2D eigenvalue weighted by atomic mass is 9.99. The lowest BCUT2D eigenvalue weighted by molar-refractivity contribution is 0.0329. The highest BCUT2D eigenvalue weighted by Crippen LogP contribution is 2.37. The zero-order chi connectivity index (χ0) is 12.5. The number of unbranched alkanes of at least 4 members (excludes halogenated alkanes) is 1. The molecule has 1 atom stereocenters. The molecule has 18 heavy (non-hydrogen) atoms. The lowest BCUT2D eigenvalue weighted by Crippen LogP contribution is -2.15. The first-order valence-corrected chi connectivity index (χ1v) is 7.51. The first-order valence-electron chi connectivity index (χ1n) is 6.71. The van der Waals surface area contributed by atoms with Gasteiger partial charge in [-0.3, -0.25) is 0 Å². The summed E-state index contributed by atoms with van der Waals surface area (Å²) in [5.74, 6) is 0. The van der Waals surface area contributed by atoms with Crippen LogP contribution < -0.4 is 0 Å². The molecule has 0 spiro atoms. The average Bonchev–Trinajstić information content (AvgIpc) is 2.77. The first kappa shape index (κ1) is 12.2. The van der Waals surface area contributed by atoms with Crippen molar-refractivity contribution in [1.82, 2.24) is 4.98 Å². The summed E-state index contributed by atoms with van der Waals surface area (Å²) in [6, 6.07) is 6.40. The molecule has 1 aromatic carbocycles. The molecule has 1 unspecified atom stereocenters. The molecular weight excluding hydrogens is 290 g/mol. The normalized spacial score (nSPS) is 19.1. The van der Waals surface area contributed by atoms with E-state index < -0.39 is 0 Å². The molecule has 0 fully saturated rings. The Morgan fingerprint density at radius 2 is 2.33 bits per heavy atom. The Labute approximate surface area is 116 Å². The monoisotopic (exact) mass is 307 g/mol. The third kappa shape index (κ3) is 1.99. The van der Waals surface area contributed by atoms with Crippen molar-refractivity contribution in [3.63, 3.8) is 0 Å². The Hall–Kier alpha value is -0.800. The minimum atomic E-state index is 0.257. The van der Waals surface area contributed by atoms with Crippen LogP contribution in [0.1, 0.15) is 43.5 Å². The number of rotatable bonds is 3. The van der Waals surface area contributed by atoms with Crippen LogP contribution in [0.2, 0.25) is 0 Å². The Bertz CT molecular complexity index is 561. The van der Waals surface area contributed by atoms with Crippen molar-refractivity contribution in [1.29, 1.82) is 0 Å². The van der Waals surface area contributed by atoms with Crippen molar-refractivity contribution < 1.29 is 4.74 Å². The van der Waals surface area contributed by atoms with Gasteiger partial charge in [0.1, 0.15) is 0 Å². The van der Waals surface area contributed by atoms with Gasteiger partial charge in [0, 0.05) is 15.6 Å². The number of hydrogen-bond acceptors (Lipinski definition) is 1. The van der Waals surface area contributed by atoms with E-state index in [9.17, 15) is 0 Å². The maximum atomic E-state index is 5.93. The molecule has 1 aromatic heterocycles. The quantitative estimate of drug-likeness (QED) is 0.871. The van der Waals surface area contributed by atoms with E-state index in [1.165, 1.54) is 35.0 Å². The van der Waals surface area contributed by atoms with Crippen LogP contribution in [0.15, 0.2) is 22.7 Å². The number of fused-ring (bicyclic) bond motifs is 3. The molecule has 96 valence electrons. The number of nitrogens with one attached hydrogen (secondary N) is 1. The van der Waals surface area contributed by atoms with Crippen LogP contribution in [0.25, 0.3) is 10.9 Å². The molecule has 0 radical (unpaired) electrons. The number of H-pyrrole nitrogens is 1. The molecule has 0 amide bonds. The fraction of sp³-hybridized carbons (Fsp3) is 0.467. The Kier molecular flexibility index (Phi) is 3.44. The summed E-state index contributed by atoms with van der Waals surface area (Å²) in [7, 11) is 0. The van der Waals surface area contributed by atoms with E-state index in [4.69, 9.17) is 4.74 Å². The number of aromatic nitrogens is 1. The average molecular weight is 308 g/mol. The van der Waals surface area contributed by atoms with Crippen molar-refractivity contribution in [3.05, 3.63) is 33.9 Å². The van der Waals surface area contributed by atoms with Gasteiger partial charge in [0.15, 0.2) is 0 Å². The highest BCUT2D eigenvalue weighted by molar-refractivity contribution is 9.10. The van der Waals surface area contributed by atoms with Crippen LogP contribution >= 0.6 is 15.9 Å². The summed E-state index contributed by atoms with van der Waals surface area (Å²) < 4.78 is 7.07. The molecule has 1 aliphatic heterocycles. The van der Waals surface area contributed by atoms with Crippen LogP contribution in [-0.2, 0) is 11.2 Å². The number of para-hydroxylation sites is 1. The van der Waals surface area contributed by atoms with Crippen molar-refractivity contribution in [2.75, 3.05) is 6.61 Å². The zero-order valence-corrected chi connectivity index (χ0v) is 12.2. The zero-order valence-electron chi connectivity index (χ0n) is 10.6. The number of halogens is 1. The second-order valence-electron chi connectivity index (χ2n) is 4.93. The number of hydrogen-bond donors (Lipinski definition) is 1. The van der Waals surface area contributed by atoms with Crippen molar-refractivity contribution >= 4 is 26.8 Å². The van der Waals surface area contributed by atoms with Crippen LogP contribution in [0.4, 0.5) is 0 Å². The summed E-state index contributed by atoms with van der Waals surface area (Å²) in [5, 5.41) is 1.35. The summed E-state index contributed by atoms with van der Waals surface area (Å²) in [6.07, 6.45) is 4.84. The van der Waals surface area contributed by atoms with Crippen LogP contribution in [-0.4, -0.2) is 11.6 Å². The molecule has 3 rings (SSSR count). The summed E-state index contributed by atoms with van der Waals surface area (Å²) in [6.45, 7) is 3.08. The molecule has 0 bridgehead atoms. The predicted molar refractivity (Wildman–Crippen MR) is 77.9 cm³/mol. The van der Waals surface area contributed by atoms with E-state index in [-0.39, 0.29) is 6.10 Å². The highest BCUT2D eigenvalue weighted by atomic mass is 79.9. The minimum absolute atomic E-state index is 0.257. The molecule has 0 saturated heterocycles. The van der Waals surface area contributed by atoms with Gasteiger partial charge in [-0.25, -0.2) is 0 Å². The van der Waals surface area contributed by atoms with E-state index in [2.05, 4.69) is 46.0 Å². The standard InChI is InChI=1S/C15H18BrNO/c1-2-3-7-13-15-11(8-9-18-13)10-5-4-6-12(16)14(10)17-15/h4-6,13,17H,2-3,7-9H2,1H3. The number of ether oxygens (including phenoxy) is 1. The molecule has 2 nitrogen and oxygen atoms in total. The molecule has 0 saturated carbocycles. The molecule has 3 heteroatoms. The third-order valence-corrected chi connectivity index (χ3v) is 4.40. The SMILES string of the molecule is CCCCC1OCCc2c1[nH]c1c(Br)cccc21. The predicted octanol–water partition coefficient (Wildman–Crippen LogP) is 4.73. The molecule has 0 aliphatic carbocycles. The second-order valence-corrected chi connectivity index (χ2v) is 5.79. The van der Waals surface area contributed by atoms with Gasteiger partial charge in [-0.1, -0.05) is 31.9 Å². The van der Waals surface area contributed by atoms with E-state index in [1.54, 1.807) is 0 Å². The maximum absolute atomic E-state index is 5.93. The van der Waals surface area contributed by atoms with Crippen LogP contribution in [0.3, 0.4) is 0 Å². The van der Waals surface area contributed by atoms with E-state index in [0.29, 0.717) is 0 Å². The third-order valence-electron chi connectivity index (χ3n) is 3.74. The summed E-state index contributed by atoms with van der Waals surface area (Å²) in [5.41, 5.74) is 3.98. The molecule has 2 heterocycles. The van der Waals surface area contributed by atoms with Gasteiger partial charge in [-0.2, -0.15) is 0 Å². The van der Waals surface area contributed by atoms with Gasteiger partial charge < -0.3 is 9.72 Å². The summed E-state index contributed by atoms with van der Waals surface area (Å²) >= 11 is 3.62. The maximum Gasteiger partial charge on any atom is 0.0975 e. The largest absolute Gasteiger partial charge is 0.372 e. The van der Waals surface area contributed by atoms with Gasteiger partial charge in [-0.05, 0) is 40.4 Å². The van der Waals surface area contributed by atoms with E-state index in [0.717, 1.165) is 23.9 Å². The van der Waals surface area contributed by atoms with Crippen molar-refractivity contribution in [3.8, 4) is 0 Å². The lowest BCUT2D eigenvalue weighted by Gasteiger charge is -2.23.